The van der Waals surface area contributed by atoms with E-state index in [1.807, 2.05) is 75.3 Å². The van der Waals surface area contributed by atoms with Crippen molar-refractivity contribution >= 4 is 45.9 Å². The number of ketones is 2. The number of rotatable bonds is 12. The van der Waals surface area contributed by atoms with Gasteiger partial charge in [-0.3, -0.25) is 33.9 Å². The van der Waals surface area contributed by atoms with Crippen LogP contribution >= 0.6 is 0 Å². The van der Waals surface area contributed by atoms with E-state index >= 15 is 0 Å². The van der Waals surface area contributed by atoms with Crippen molar-refractivity contribution < 1.29 is 43.7 Å². The Morgan fingerprint density at radius 3 is 2.39 bits per heavy atom. The number of aliphatic hydroxyl groups excluding tert-OH is 1. The van der Waals surface area contributed by atoms with Gasteiger partial charge in [0.1, 0.15) is 18.2 Å². The number of hydrogen-bond acceptors (Lipinski definition) is 11. The number of carbonyl (C=O) groups excluding carboxylic acids is 5. The molecule has 3 N–H and O–H groups in total. The second-order valence-electron chi connectivity index (χ2n) is 18.0. The van der Waals surface area contributed by atoms with Crippen LogP contribution in [0.2, 0.25) is 0 Å². The van der Waals surface area contributed by atoms with Gasteiger partial charge in [-0.15, -0.1) is 0 Å². The molecule has 1 amide bonds. The lowest BCUT2D eigenvalue weighted by molar-refractivity contribution is -0.209. The average Bonchev–Trinajstić information content (AvgIpc) is 3.40. The minimum Gasteiger partial charge on any atom is -0.461 e. The molecule has 3 aromatic rings. The summed E-state index contributed by atoms with van der Waals surface area (Å²) in [4.78, 5) is 70.9. The molecule has 312 valence electrons. The topological polar surface area (TPSA) is 172 Å². The Labute approximate surface area is 345 Å². The van der Waals surface area contributed by atoms with Gasteiger partial charge in [0.25, 0.3) is 0 Å². The fourth-order valence-corrected chi connectivity index (χ4v) is 11.2. The molecule has 0 spiro atoms. The molecular formula is C47H55N3O9. The fourth-order valence-electron chi connectivity index (χ4n) is 11.2. The van der Waals surface area contributed by atoms with Crippen LogP contribution in [-0.4, -0.2) is 81.9 Å². The molecule has 0 aliphatic heterocycles. The number of esters is 2. The third-order valence-electron chi connectivity index (χ3n) is 14.7. The molecule has 0 bridgehead atoms. The first kappa shape index (κ1) is 42.1. The van der Waals surface area contributed by atoms with Crippen LogP contribution in [0.25, 0.3) is 10.8 Å². The number of amides is 1. The molecule has 1 heterocycles. The Hall–Kier alpha value is -5.04. The van der Waals surface area contributed by atoms with Crippen molar-refractivity contribution in [2.45, 2.75) is 90.6 Å². The molecule has 12 nitrogen and oxygen atoms in total. The fraction of sp³-hybridized carbons (Fsp3) is 0.489. The van der Waals surface area contributed by atoms with Crippen molar-refractivity contribution in [3.63, 3.8) is 0 Å². The van der Waals surface area contributed by atoms with Gasteiger partial charge in [0.2, 0.25) is 11.7 Å². The summed E-state index contributed by atoms with van der Waals surface area (Å²) in [5.41, 5.74) is -0.820. The smallest absolute Gasteiger partial charge is 0.306 e. The van der Waals surface area contributed by atoms with Gasteiger partial charge in [0.15, 0.2) is 12.4 Å². The van der Waals surface area contributed by atoms with Gasteiger partial charge in [0, 0.05) is 39.7 Å². The third-order valence-corrected chi connectivity index (χ3v) is 14.7. The summed E-state index contributed by atoms with van der Waals surface area (Å²) in [6.45, 7) is 7.19. The average molecular weight is 806 g/mol. The molecular weight excluding hydrogens is 751 g/mol. The van der Waals surface area contributed by atoms with E-state index in [9.17, 15) is 34.2 Å². The van der Waals surface area contributed by atoms with Crippen molar-refractivity contribution in [2.75, 3.05) is 26.0 Å². The van der Waals surface area contributed by atoms with E-state index in [4.69, 9.17) is 9.47 Å². The molecule has 12 heteroatoms. The zero-order chi connectivity index (χ0) is 42.5. The molecule has 7 rings (SSSR count). The lowest BCUT2D eigenvalue weighted by Gasteiger charge is -2.65. The van der Waals surface area contributed by atoms with Crippen molar-refractivity contribution in [1.82, 2.24) is 9.88 Å². The highest BCUT2D eigenvalue weighted by Crippen LogP contribution is 2.72. The molecule has 4 aliphatic rings. The van der Waals surface area contributed by atoms with Crippen molar-refractivity contribution in [3.8, 4) is 0 Å². The van der Waals surface area contributed by atoms with Crippen LogP contribution in [0.3, 0.4) is 0 Å². The van der Waals surface area contributed by atoms with E-state index in [2.05, 4.69) is 24.1 Å². The van der Waals surface area contributed by atoms with Gasteiger partial charge >= 0.3 is 11.9 Å². The van der Waals surface area contributed by atoms with E-state index in [0.29, 0.717) is 24.1 Å². The molecule has 3 fully saturated rings. The molecule has 3 saturated carbocycles. The minimum absolute atomic E-state index is 0.0199. The van der Waals surface area contributed by atoms with Crippen LogP contribution in [0.15, 0.2) is 84.7 Å². The molecule has 9 atom stereocenters. The lowest BCUT2D eigenvalue weighted by Crippen LogP contribution is -2.66. The summed E-state index contributed by atoms with van der Waals surface area (Å²) in [5, 5.41) is 29.2. The zero-order valence-corrected chi connectivity index (χ0v) is 34.7. The van der Waals surface area contributed by atoms with Gasteiger partial charge in [-0.2, -0.15) is 0 Å². The Morgan fingerprint density at radius 2 is 1.68 bits per heavy atom. The maximum atomic E-state index is 13.9. The number of hydrogen-bond donors (Lipinski definition) is 3. The lowest BCUT2D eigenvalue weighted by atomic mass is 9.39. The van der Waals surface area contributed by atoms with E-state index in [-0.39, 0.29) is 49.4 Å². The number of nitrogens with zero attached hydrogens (tertiary/aromatic N) is 2. The van der Waals surface area contributed by atoms with Gasteiger partial charge in [0.05, 0.1) is 18.9 Å². The van der Waals surface area contributed by atoms with E-state index in [1.54, 1.807) is 36.7 Å². The molecule has 2 aromatic carbocycles. The van der Waals surface area contributed by atoms with Crippen molar-refractivity contribution in [2.24, 2.45) is 34.0 Å². The Morgan fingerprint density at radius 1 is 0.966 bits per heavy atom. The Kier molecular flexibility index (Phi) is 11.3. The normalized spacial score (nSPS) is 31.4. The van der Waals surface area contributed by atoms with Crippen LogP contribution < -0.4 is 5.32 Å². The number of carbonyl (C=O) groups is 5. The van der Waals surface area contributed by atoms with Gasteiger partial charge in [-0.1, -0.05) is 69.7 Å². The SMILES string of the molecule is C[C@@H]1C[C@H]2[C@@H]3CCC4=CC(=O)C=C[C@]4(C)[C@@]3(C)[C@@H](O)C[C@]2(C)[C@@]1(O)C(=O)COC(=O)CCC(=O)OCc1ccc(C(C(=O)Nc2ccc3cnccc3c2)N(C)C)cc1. The first-order valence-electron chi connectivity index (χ1n) is 20.5. The molecule has 0 saturated heterocycles. The number of benzene rings is 2. The van der Waals surface area contributed by atoms with Crippen LogP contribution in [0.5, 0.6) is 0 Å². The molecule has 1 aromatic heterocycles. The van der Waals surface area contributed by atoms with E-state index in [0.717, 1.165) is 28.3 Å². The Bertz CT molecular complexity index is 2230. The number of aromatic nitrogens is 1. The standard InChI is InChI=1S/C47H55N3O9/c1-28-21-37-36-14-12-33-23-35(51)17-19-44(33,2)46(36,4)38(52)24-45(37,3)47(28,57)39(53)27-59-41(55)16-15-40(54)58-26-29-7-9-30(10-8-29)42(50(5)6)43(56)49-34-13-11-32-25-48-20-18-31(32)22-34/h7-11,13,17-20,22-23,25,28,36-38,42,52,57H,12,14-16,21,24,26-27H2,1-6H3,(H,49,56)/t28-,36+,37+,38+,42?,44+,45+,46-,47+/m1/s1. The highest BCUT2D eigenvalue weighted by atomic mass is 16.5. The summed E-state index contributed by atoms with van der Waals surface area (Å²) in [6.07, 6.45) is 9.43. The quantitative estimate of drug-likeness (QED) is 0.182. The number of pyridine rings is 1. The summed E-state index contributed by atoms with van der Waals surface area (Å²) in [6, 6.07) is 14.1. The monoisotopic (exact) mass is 805 g/mol. The van der Waals surface area contributed by atoms with Gasteiger partial charge in [-0.25, -0.2) is 0 Å². The number of ether oxygens (including phenoxy) is 2. The minimum atomic E-state index is -1.84. The molecule has 4 aliphatic carbocycles. The van der Waals surface area contributed by atoms with Crippen LogP contribution in [-0.2, 0) is 40.1 Å². The summed E-state index contributed by atoms with van der Waals surface area (Å²) in [5.74, 6) is -2.81. The second kappa shape index (κ2) is 15.9. The van der Waals surface area contributed by atoms with Crippen LogP contribution in [0, 0.1) is 34.0 Å². The van der Waals surface area contributed by atoms with Gasteiger partial charge in [-0.05, 0) is 104 Å². The number of nitrogens with one attached hydrogen (secondary N) is 1. The molecule has 59 heavy (non-hydrogen) atoms. The number of anilines is 1. The van der Waals surface area contributed by atoms with Crippen molar-refractivity contribution in [1.29, 1.82) is 0 Å². The number of Topliss-reactive ketones (excluding diaryl/α,β-unsaturated/α-hetero) is 1. The van der Waals surface area contributed by atoms with E-state index in [1.165, 1.54) is 0 Å². The first-order chi connectivity index (χ1) is 27.9. The first-order valence-corrected chi connectivity index (χ1v) is 20.5. The van der Waals surface area contributed by atoms with Crippen LogP contribution in [0.1, 0.15) is 83.4 Å². The number of aliphatic hydroxyl groups is 2. The predicted octanol–water partition coefficient (Wildman–Crippen LogP) is 6.06. The highest BCUT2D eigenvalue weighted by Gasteiger charge is 2.73. The molecule has 1 unspecified atom stereocenters. The summed E-state index contributed by atoms with van der Waals surface area (Å²) in [7, 11) is 3.64. The predicted molar refractivity (Wildman–Crippen MR) is 220 cm³/mol. The summed E-state index contributed by atoms with van der Waals surface area (Å²) >= 11 is 0. The van der Waals surface area contributed by atoms with Crippen LogP contribution in [0.4, 0.5) is 5.69 Å². The van der Waals surface area contributed by atoms with Crippen molar-refractivity contribution in [3.05, 3.63) is 95.9 Å². The second-order valence-corrected chi connectivity index (χ2v) is 18.0. The maximum Gasteiger partial charge on any atom is 0.306 e. The largest absolute Gasteiger partial charge is 0.461 e. The number of allylic oxidation sites excluding steroid dienone is 4. The summed E-state index contributed by atoms with van der Waals surface area (Å²) < 4.78 is 10.8. The van der Waals surface area contributed by atoms with E-state index < -0.39 is 64.2 Å². The van der Waals surface area contributed by atoms with Gasteiger partial charge < -0.3 is 25.0 Å². The number of likely N-dealkylation sites (N-methyl/N-ethyl adjacent to an activating group) is 1. The number of fused-ring (bicyclic) bond motifs is 6. The third kappa shape index (κ3) is 7.23. The highest BCUT2D eigenvalue weighted by molar-refractivity contribution is 6.01. The zero-order valence-electron chi connectivity index (χ0n) is 34.7. The maximum absolute atomic E-state index is 13.9. The Balaban J connectivity index is 0.898. The molecule has 0 radical (unpaired) electrons.